The Morgan fingerprint density at radius 1 is 1.18 bits per heavy atom. The van der Waals surface area contributed by atoms with E-state index in [0.29, 0.717) is 11.3 Å². The molecule has 0 aromatic rings. The number of hydrogen-bond acceptors (Lipinski definition) is 2. The largest absolute Gasteiger partial charge is 0.390 e. The lowest BCUT2D eigenvalue weighted by Gasteiger charge is -2.41. The Bertz CT molecular complexity index is 282. The minimum atomic E-state index is -0.566. The Labute approximate surface area is 106 Å². The van der Waals surface area contributed by atoms with E-state index >= 15 is 0 Å². The summed E-state index contributed by atoms with van der Waals surface area (Å²) < 4.78 is 0. The van der Waals surface area contributed by atoms with Crippen LogP contribution < -0.4 is 0 Å². The van der Waals surface area contributed by atoms with Crippen LogP contribution in [0.15, 0.2) is 0 Å². The molecule has 2 nitrogen and oxygen atoms in total. The molecule has 0 aromatic heterocycles. The van der Waals surface area contributed by atoms with Crippen LogP contribution in [0, 0.1) is 16.7 Å². The third-order valence-corrected chi connectivity index (χ3v) is 5.94. The normalized spacial score (nSPS) is 29.6. The van der Waals surface area contributed by atoms with E-state index in [1.165, 1.54) is 38.9 Å². The second-order valence-corrected chi connectivity index (χ2v) is 7.33. The first-order chi connectivity index (χ1) is 7.73. The first kappa shape index (κ1) is 13.4. The van der Waals surface area contributed by atoms with Crippen molar-refractivity contribution >= 4 is 0 Å². The van der Waals surface area contributed by atoms with Crippen LogP contribution in [0.1, 0.15) is 53.9 Å². The quantitative estimate of drug-likeness (QED) is 0.818. The van der Waals surface area contributed by atoms with E-state index in [9.17, 15) is 5.11 Å². The summed E-state index contributed by atoms with van der Waals surface area (Å²) >= 11 is 0. The fourth-order valence-electron chi connectivity index (χ4n) is 3.66. The molecule has 2 heteroatoms. The summed E-state index contributed by atoms with van der Waals surface area (Å²) in [5.74, 6) is 0.717. The minimum Gasteiger partial charge on any atom is -0.390 e. The molecule has 0 amide bonds. The number of aliphatic hydroxyl groups is 1. The van der Waals surface area contributed by atoms with Crippen molar-refractivity contribution in [1.82, 2.24) is 4.90 Å². The first-order valence-electron chi connectivity index (χ1n) is 7.18. The molecular weight excluding hydrogens is 210 g/mol. The molecule has 1 unspecified atom stereocenters. The molecule has 0 radical (unpaired) electrons. The topological polar surface area (TPSA) is 23.5 Å². The van der Waals surface area contributed by atoms with Crippen molar-refractivity contribution in [2.45, 2.75) is 59.5 Å². The van der Waals surface area contributed by atoms with Gasteiger partial charge >= 0.3 is 0 Å². The highest BCUT2D eigenvalue weighted by Gasteiger charge is 2.63. The molecule has 1 heterocycles. The second kappa shape index (κ2) is 3.96. The monoisotopic (exact) mass is 239 g/mol. The van der Waals surface area contributed by atoms with Crippen LogP contribution in [0.4, 0.5) is 0 Å². The average Bonchev–Trinajstić information content (AvgIpc) is 2.93. The van der Waals surface area contributed by atoms with Crippen LogP contribution >= 0.6 is 0 Å². The average molecular weight is 239 g/mol. The van der Waals surface area contributed by atoms with Gasteiger partial charge in [0.2, 0.25) is 0 Å². The summed E-state index contributed by atoms with van der Waals surface area (Å²) in [6.07, 6.45) is 4.01. The molecule has 1 spiro atoms. The molecular formula is C15H29NO. The van der Waals surface area contributed by atoms with Gasteiger partial charge in [0.25, 0.3) is 0 Å². The zero-order valence-electron chi connectivity index (χ0n) is 12.2. The van der Waals surface area contributed by atoms with Crippen LogP contribution in [0.25, 0.3) is 0 Å². The third-order valence-electron chi connectivity index (χ3n) is 5.94. The molecule has 17 heavy (non-hydrogen) atoms. The van der Waals surface area contributed by atoms with Crippen LogP contribution in [-0.4, -0.2) is 35.2 Å². The van der Waals surface area contributed by atoms with E-state index in [-0.39, 0.29) is 5.41 Å². The van der Waals surface area contributed by atoms with Gasteiger partial charge in [-0.25, -0.2) is 0 Å². The lowest BCUT2D eigenvalue weighted by Crippen LogP contribution is -2.43. The fourth-order valence-corrected chi connectivity index (χ4v) is 3.66. The van der Waals surface area contributed by atoms with E-state index in [0.717, 1.165) is 0 Å². The predicted octanol–water partition coefficient (Wildman–Crippen LogP) is 2.91. The number of rotatable bonds is 3. The molecule has 0 bridgehead atoms. The molecule has 0 aromatic carbocycles. The lowest BCUT2D eigenvalue weighted by atomic mass is 9.69. The smallest absolute Gasteiger partial charge is 0.0645 e. The Hall–Kier alpha value is -0.0800. The molecule has 1 N–H and O–H groups in total. The van der Waals surface area contributed by atoms with Crippen molar-refractivity contribution in [1.29, 1.82) is 0 Å². The van der Waals surface area contributed by atoms with Crippen LogP contribution in [0.3, 0.4) is 0 Å². The maximum atomic E-state index is 10.4. The lowest BCUT2D eigenvalue weighted by molar-refractivity contribution is -0.0584. The Balaban J connectivity index is 2.01. The van der Waals surface area contributed by atoms with Gasteiger partial charge in [-0.05, 0) is 69.5 Å². The zero-order chi connectivity index (χ0) is 12.9. The van der Waals surface area contributed by atoms with Crippen LogP contribution in [0.2, 0.25) is 0 Å². The molecule has 2 rings (SSSR count). The van der Waals surface area contributed by atoms with E-state index in [1.54, 1.807) is 0 Å². The number of hydrogen-bond donors (Lipinski definition) is 1. The molecule has 2 aliphatic rings. The Kier molecular flexibility index (Phi) is 3.11. The summed E-state index contributed by atoms with van der Waals surface area (Å²) in [4.78, 5) is 2.55. The number of nitrogens with zero attached hydrogens (tertiary/aromatic N) is 1. The molecule has 100 valence electrons. The summed E-state index contributed by atoms with van der Waals surface area (Å²) in [5, 5.41) is 10.4. The molecule has 1 saturated heterocycles. The Morgan fingerprint density at radius 3 is 2.12 bits per heavy atom. The molecule has 1 saturated carbocycles. The Morgan fingerprint density at radius 2 is 1.71 bits per heavy atom. The van der Waals surface area contributed by atoms with Crippen molar-refractivity contribution in [3.63, 3.8) is 0 Å². The van der Waals surface area contributed by atoms with Gasteiger partial charge in [0.05, 0.1) is 5.60 Å². The van der Waals surface area contributed by atoms with Crippen molar-refractivity contribution < 1.29 is 5.11 Å². The van der Waals surface area contributed by atoms with Crippen LogP contribution in [0.5, 0.6) is 0 Å². The predicted molar refractivity (Wildman–Crippen MR) is 72.0 cm³/mol. The summed E-state index contributed by atoms with van der Waals surface area (Å²) in [6.45, 7) is 14.4. The second-order valence-electron chi connectivity index (χ2n) is 7.33. The van der Waals surface area contributed by atoms with Gasteiger partial charge in [-0.1, -0.05) is 20.8 Å². The SMILES string of the molecule is CCN1CCC2(CC1)CC2C(C)(C)C(C)(C)O. The molecule has 2 fully saturated rings. The maximum absolute atomic E-state index is 10.4. The van der Waals surface area contributed by atoms with E-state index in [2.05, 4.69) is 25.7 Å². The summed E-state index contributed by atoms with van der Waals surface area (Å²) in [5.41, 5.74) is 0.0413. The van der Waals surface area contributed by atoms with Gasteiger partial charge < -0.3 is 10.0 Å². The van der Waals surface area contributed by atoms with E-state index < -0.39 is 5.60 Å². The third kappa shape index (κ3) is 2.15. The maximum Gasteiger partial charge on any atom is 0.0645 e. The zero-order valence-corrected chi connectivity index (χ0v) is 12.2. The number of piperidine rings is 1. The highest BCUT2D eigenvalue weighted by Crippen LogP contribution is 2.68. The van der Waals surface area contributed by atoms with Crippen molar-refractivity contribution in [3.8, 4) is 0 Å². The first-order valence-corrected chi connectivity index (χ1v) is 7.18. The minimum absolute atomic E-state index is 0.0430. The summed E-state index contributed by atoms with van der Waals surface area (Å²) in [6, 6.07) is 0. The highest BCUT2D eigenvalue weighted by molar-refractivity contribution is 5.12. The van der Waals surface area contributed by atoms with Crippen molar-refractivity contribution in [2.24, 2.45) is 16.7 Å². The molecule has 1 atom stereocenters. The van der Waals surface area contributed by atoms with Crippen LogP contribution in [-0.2, 0) is 0 Å². The van der Waals surface area contributed by atoms with Gasteiger partial charge in [-0.2, -0.15) is 0 Å². The number of likely N-dealkylation sites (tertiary alicyclic amines) is 1. The molecule has 1 aliphatic heterocycles. The van der Waals surface area contributed by atoms with Crippen molar-refractivity contribution in [3.05, 3.63) is 0 Å². The molecule has 1 aliphatic carbocycles. The summed E-state index contributed by atoms with van der Waals surface area (Å²) in [7, 11) is 0. The highest BCUT2D eigenvalue weighted by atomic mass is 16.3. The van der Waals surface area contributed by atoms with Gasteiger partial charge in [0, 0.05) is 0 Å². The van der Waals surface area contributed by atoms with E-state index in [4.69, 9.17) is 0 Å². The van der Waals surface area contributed by atoms with Gasteiger partial charge in [-0.15, -0.1) is 0 Å². The van der Waals surface area contributed by atoms with Gasteiger partial charge in [-0.3, -0.25) is 0 Å². The van der Waals surface area contributed by atoms with Crippen molar-refractivity contribution in [2.75, 3.05) is 19.6 Å². The standard InChI is InChI=1S/C15H29NO/c1-6-16-9-7-15(8-10-16)11-12(15)13(2,3)14(4,5)17/h12,17H,6-11H2,1-5H3. The van der Waals surface area contributed by atoms with Gasteiger partial charge in [0.1, 0.15) is 0 Å². The van der Waals surface area contributed by atoms with E-state index in [1.807, 2.05) is 13.8 Å². The fraction of sp³-hybridized carbons (Fsp3) is 1.00. The van der Waals surface area contributed by atoms with Gasteiger partial charge in [0.15, 0.2) is 0 Å².